The molecule has 0 spiro atoms. The maximum absolute atomic E-state index is 13.0. The average molecular weight is 379 g/mol. The Bertz CT molecular complexity index is 848. The summed E-state index contributed by atoms with van der Waals surface area (Å²) in [6, 6.07) is 3.50. The molecule has 25 heavy (non-hydrogen) atoms. The molecule has 0 bridgehead atoms. The van der Waals surface area contributed by atoms with E-state index in [4.69, 9.17) is 21.1 Å². The van der Waals surface area contributed by atoms with Gasteiger partial charge in [0.25, 0.3) is 0 Å². The van der Waals surface area contributed by atoms with Crippen LogP contribution in [0.3, 0.4) is 0 Å². The third kappa shape index (κ3) is 3.58. The van der Waals surface area contributed by atoms with E-state index in [1.165, 1.54) is 17.6 Å². The van der Waals surface area contributed by atoms with Gasteiger partial charge in [-0.15, -0.1) is 11.3 Å². The number of hydrogen-bond donors (Lipinski definition) is 0. The van der Waals surface area contributed by atoms with E-state index < -0.39 is 5.78 Å². The zero-order valence-corrected chi connectivity index (χ0v) is 15.7. The molecule has 1 saturated carbocycles. The van der Waals surface area contributed by atoms with Gasteiger partial charge in [0, 0.05) is 21.6 Å². The maximum Gasteiger partial charge on any atom is 0.201 e. The van der Waals surface area contributed by atoms with Crippen LogP contribution in [0.4, 0.5) is 0 Å². The normalized spacial score (nSPS) is 14.6. The van der Waals surface area contributed by atoms with Crippen LogP contribution in [-0.4, -0.2) is 24.8 Å². The van der Waals surface area contributed by atoms with Crippen molar-refractivity contribution in [3.63, 3.8) is 0 Å². The highest BCUT2D eigenvalue weighted by atomic mass is 35.5. The van der Waals surface area contributed by atoms with Crippen molar-refractivity contribution >= 4 is 44.6 Å². The maximum atomic E-state index is 13.0. The van der Waals surface area contributed by atoms with Crippen LogP contribution in [0.1, 0.15) is 37.0 Å². The number of Topliss-reactive ketones (excluding diaryl/α,β-unsaturated/α-hetero) is 2. The van der Waals surface area contributed by atoms with Gasteiger partial charge >= 0.3 is 0 Å². The first-order chi connectivity index (χ1) is 12.1. The van der Waals surface area contributed by atoms with Crippen molar-refractivity contribution in [3.05, 3.63) is 39.9 Å². The van der Waals surface area contributed by atoms with Crippen molar-refractivity contribution < 1.29 is 19.1 Å². The molecule has 0 atom stereocenters. The van der Waals surface area contributed by atoms with Crippen molar-refractivity contribution in [2.24, 2.45) is 5.92 Å². The van der Waals surface area contributed by atoms with Crippen LogP contribution in [0, 0.1) is 5.92 Å². The summed E-state index contributed by atoms with van der Waals surface area (Å²) in [5.41, 5.74) is 0.368. The Kier molecular flexibility index (Phi) is 5.45. The number of ether oxygens (including phenoxy) is 2. The van der Waals surface area contributed by atoms with Gasteiger partial charge in [-0.3, -0.25) is 9.59 Å². The van der Waals surface area contributed by atoms with Gasteiger partial charge in [-0.05, 0) is 38.8 Å². The molecular formula is C19H19ClO4S. The molecule has 4 nitrogen and oxygen atoms in total. The van der Waals surface area contributed by atoms with Crippen LogP contribution in [0.25, 0.3) is 10.1 Å². The molecule has 1 fully saturated rings. The van der Waals surface area contributed by atoms with Crippen LogP contribution in [0.5, 0.6) is 5.75 Å². The van der Waals surface area contributed by atoms with Gasteiger partial charge in [-0.1, -0.05) is 11.6 Å². The quantitative estimate of drug-likeness (QED) is 0.212. The monoisotopic (exact) mass is 378 g/mol. The molecule has 132 valence electrons. The van der Waals surface area contributed by atoms with Gasteiger partial charge in [-0.2, -0.15) is 0 Å². The van der Waals surface area contributed by atoms with E-state index in [1.54, 1.807) is 13.0 Å². The zero-order chi connectivity index (χ0) is 18.0. The molecule has 0 N–H and O–H groups in total. The molecule has 1 aromatic carbocycles. The number of carbonyl (C=O) groups excluding carboxylic acids is 2. The zero-order valence-electron chi connectivity index (χ0n) is 14.1. The molecule has 0 unspecified atom stereocenters. The lowest BCUT2D eigenvalue weighted by Crippen LogP contribution is -2.16. The van der Waals surface area contributed by atoms with E-state index in [0.717, 1.165) is 17.5 Å². The van der Waals surface area contributed by atoms with Gasteiger partial charge in [0.05, 0.1) is 29.9 Å². The first kappa shape index (κ1) is 18.0. The van der Waals surface area contributed by atoms with Gasteiger partial charge in [0.1, 0.15) is 11.3 Å². The number of benzene rings is 1. The number of fused-ring (bicyclic) bond motifs is 1. The van der Waals surface area contributed by atoms with Gasteiger partial charge in [0.15, 0.2) is 5.78 Å². The topological polar surface area (TPSA) is 52.6 Å². The Morgan fingerprint density at radius 1 is 1.28 bits per heavy atom. The number of ketones is 2. The van der Waals surface area contributed by atoms with Crippen molar-refractivity contribution in [2.45, 2.75) is 26.7 Å². The van der Waals surface area contributed by atoms with Gasteiger partial charge in [-0.25, -0.2) is 0 Å². The second kappa shape index (κ2) is 7.58. The van der Waals surface area contributed by atoms with Gasteiger partial charge in [0.2, 0.25) is 5.78 Å². The molecule has 0 aliphatic heterocycles. The van der Waals surface area contributed by atoms with Crippen molar-refractivity contribution in [1.29, 1.82) is 0 Å². The van der Waals surface area contributed by atoms with E-state index in [9.17, 15) is 9.59 Å². The second-order valence-electron chi connectivity index (χ2n) is 5.79. The van der Waals surface area contributed by atoms with E-state index in [0.29, 0.717) is 34.9 Å². The van der Waals surface area contributed by atoms with E-state index >= 15 is 0 Å². The highest BCUT2D eigenvalue weighted by Crippen LogP contribution is 2.40. The van der Waals surface area contributed by atoms with E-state index in [-0.39, 0.29) is 17.3 Å². The number of thiophene rings is 1. The first-order valence-electron chi connectivity index (χ1n) is 8.31. The fourth-order valence-electron chi connectivity index (χ4n) is 2.60. The number of hydrogen-bond acceptors (Lipinski definition) is 5. The minimum atomic E-state index is -0.397. The highest BCUT2D eigenvalue weighted by molar-refractivity contribution is 7.17. The van der Waals surface area contributed by atoms with Crippen LogP contribution in [-0.2, 0) is 9.53 Å². The largest absolute Gasteiger partial charge is 0.501 e. The SMILES string of the molecule is CCOC=C(C(=O)c1ccc2scc(OCC)c2c1Cl)C(=O)C1CC1. The lowest BCUT2D eigenvalue weighted by Gasteiger charge is -2.09. The third-order valence-corrected chi connectivity index (χ3v) is 5.33. The van der Waals surface area contributed by atoms with Crippen molar-refractivity contribution in [1.82, 2.24) is 0 Å². The van der Waals surface area contributed by atoms with Crippen LogP contribution in [0.2, 0.25) is 5.02 Å². The summed E-state index contributed by atoms with van der Waals surface area (Å²) in [5, 5.41) is 2.91. The number of halogens is 1. The van der Waals surface area contributed by atoms with Crippen molar-refractivity contribution in [2.75, 3.05) is 13.2 Å². The molecule has 1 aromatic heterocycles. The standard InChI is InChI=1S/C19H19ClO4S/c1-3-23-9-13(18(21)11-5-6-11)19(22)12-7-8-15-16(17(12)20)14(10-25-15)24-4-2/h7-11H,3-6H2,1-2H3. The predicted octanol–water partition coefficient (Wildman–Crippen LogP) is 5.04. The Labute approximate surface area is 155 Å². The molecule has 3 rings (SSSR count). The lowest BCUT2D eigenvalue weighted by atomic mass is 9.97. The average Bonchev–Trinajstić information content (AvgIpc) is 3.37. The molecule has 1 heterocycles. The van der Waals surface area contributed by atoms with Crippen LogP contribution < -0.4 is 4.74 Å². The summed E-state index contributed by atoms with van der Waals surface area (Å²) >= 11 is 8.03. The summed E-state index contributed by atoms with van der Waals surface area (Å²) in [5.74, 6) is 0.0279. The summed E-state index contributed by atoms with van der Waals surface area (Å²) in [6.07, 6.45) is 2.92. The summed E-state index contributed by atoms with van der Waals surface area (Å²) < 4.78 is 11.8. The number of allylic oxidation sites excluding steroid dienone is 1. The Morgan fingerprint density at radius 3 is 2.68 bits per heavy atom. The van der Waals surface area contributed by atoms with Crippen LogP contribution >= 0.6 is 22.9 Å². The molecule has 0 amide bonds. The fourth-order valence-corrected chi connectivity index (χ4v) is 3.89. The summed E-state index contributed by atoms with van der Waals surface area (Å²) in [7, 11) is 0. The molecule has 2 aromatic rings. The minimum Gasteiger partial charge on any atom is -0.501 e. The molecule has 0 saturated heterocycles. The molecular weight excluding hydrogens is 360 g/mol. The number of carbonyl (C=O) groups is 2. The Balaban J connectivity index is 2.03. The second-order valence-corrected chi connectivity index (χ2v) is 7.08. The fraction of sp³-hybridized carbons (Fsp3) is 0.368. The van der Waals surface area contributed by atoms with Crippen LogP contribution in [0.15, 0.2) is 29.3 Å². The molecule has 1 aliphatic carbocycles. The summed E-state index contributed by atoms with van der Waals surface area (Å²) in [4.78, 5) is 25.5. The summed E-state index contributed by atoms with van der Waals surface area (Å²) in [6.45, 7) is 4.60. The Hall–Kier alpha value is -1.85. The molecule has 1 aliphatic rings. The smallest absolute Gasteiger partial charge is 0.201 e. The predicted molar refractivity (Wildman–Crippen MR) is 99.8 cm³/mol. The van der Waals surface area contributed by atoms with Crippen molar-refractivity contribution in [3.8, 4) is 5.75 Å². The molecule has 0 radical (unpaired) electrons. The molecule has 6 heteroatoms. The number of rotatable bonds is 8. The highest BCUT2D eigenvalue weighted by Gasteiger charge is 2.35. The minimum absolute atomic E-state index is 0.0683. The van der Waals surface area contributed by atoms with E-state index in [1.807, 2.05) is 18.4 Å². The lowest BCUT2D eigenvalue weighted by molar-refractivity contribution is -0.116. The van der Waals surface area contributed by atoms with Gasteiger partial charge < -0.3 is 9.47 Å². The first-order valence-corrected chi connectivity index (χ1v) is 9.57. The van der Waals surface area contributed by atoms with E-state index in [2.05, 4.69) is 0 Å². The third-order valence-electron chi connectivity index (χ3n) is 4.01. The Morgan fingerprint density at radius 2 is 2.04 bits per heavy atom.